The molecule has 2 fully saturated rings. The fourth-order valence-electron chi connectivity index (χ4n) is 4.36. The summed E-state index contributed by atoms with van der Waals surface area (Å²) in [5.74, 6) is 1.09. The number of ether oxygens (including phenoxy) is 1. The van der Waals surface area contributed by atoms with Gasteiger partial charge in [-0.15, -0.1) is 15.3 Å². The van der Waals surface area contributed by atoms with Gasteiger partial charge in [-0.25, -0.2) is 0 Å². The summed E-state index contributed by atoms with van der Waals surface area (Å²) in [6.45, 7) is 3.22. The van der Waals surface area contributed by atoms with Gasteiger partial charge in [-0.3, -0.25) is 4.79 Å². The van der Waals surface area contributed by atoms with E-state index in [1.165, 1.54) is 0 Å². The van der Waals surface area contributed by atoms with Crippen LogP contribution < -0.4 is 4.90 Å². The van der Waals surface area contributed by atoms with Crippen LogP contribution in [0.4, 0.5) is 5.82 Å². The molecular formula is C22H23N7O2. The molecule has 0 N–H and O–H groups in total. The lowest BCUT2D eigenvalue weighted by molar-refractivity contribution is -0.144. The normalized spacial score (nSPS) is 20.0. The van der Waals surface area contributed by atoms with Gasteiger partial charge in [-0.2, -0.15) is 9.78 Å². The highest BCUT2D eigenvalue weighted by Crippen LogP contribution is 2.27. The Labute approximate surface area is 179 Å². The Balaban J connectivity index is 1.21. The van der Waals surface area contributed by atoms with Gasteiger partial charge < -0.3 is 14.5 Å². The van der Waals surface area contributed by atoms with Crippen LogP contribution in [0, 0.1) is 17.2 Å². The fraction of sp³-hybridized carbons (Fsp3) is 0.409. The van der Waals surface area contributed by atoms with Crippen LogP contribution in [-0.4, -0.2) is 63.4 Å². The number of anilines is 1. The molecule has 2 aromatic heterocycles. The average molecular weight is 417 g/mol. The molecule has 5 rings (SSSR count). The first-order chi connectivity index (χ1) is 15.2. The first-order valence-corrected chi connectivity index (χ1v) is 10.5. The van der Waals surface area contributed by atoms with E-state index in [1.807, 2.05) is 35.2 Å². The van der Waals surface area contributed by atoms with Crippen LogP contribution in [-0.2, 0) is 9.53 Å². The molecule has 31 heavy (non-hydrogen) atoms. The molecule has 3 aromatic rings. The highest BCUT2D eigenvalue weighted by Gasteiger charge is 2.32. The van der Waals surface area contributed by atoms with Gasteiger partial charge in [0.1, 0.15) is 18.2 Å². The van der Waals surface area contributed by atoms with E-state index < -0.39 is 0 Å². The Bertz CT molecular complexity index is 1130. The average Bonchev–Trinajstić information content (AvgIpc) is 3.32. The number of carbonyl (C=O) groups is 1. The fourth-order valence-corrected chi connectivity index (χ4v) is 4.36. The Morgan fingerprint density at radius 2 is 2.03 bits per heavy atom. The third-order valence-electron chi connectivity index (χ3n) is 6.08. The SMILES string of the molecule is N#Cc1cccc(C2CN(C(=O)C3CCN(c4ccc5nncn5n4)CC3)CCO2)c1. The molecule has 1 aromatic carbocycles. The Kier molecular flexibility index (Phi) is 5.22. The number of hydrogen-bond acceptors (Lipinski definition) is 7. The number of amides is 1. The van der Waals surface area contributed by atoms with Crippen LogP contribution in [0.25, 0.3) is 5.65 Å². The zero-order chi connectivity index (χ0) is 21.2. The van der Waals surface area contributed by atoms with Crippen molar-refractivity contribution in [3.63, 3.8) is 0 Å². The molecule has 0 aliphatic carbocycles. The van der Waals surface area contributed by atoms with Crippen molar-refractivity contribution in [3.8, 4) is 6.07 Å². The van der Waals surface area contributed by atoms with Crippen LogP contribution in [0.2, 0.25) is 0 Å². The summed E-state index contributed by atoms with van der Waals surface area (Å²) in [5.41, 5.74) is 2.27. The van der Waals surface area contributed by atoms with Crippen molar-refractivity contribution in [2.45, 2.75) is 18.9 Å². The zero-order valence-electron chi connectivity index (χ0n) is 17.1. The van der Waals surface area contributed by atoms with Crippen LogP contribution in [0.1, 0.15) is 30.1 Å². The minimum atomic E-state index is -0.189. The summed E-state index contributed by atoms with van der Waals surface area (Å²) in [4.78, 5) is 17.3. The number of nitrogens with zero attached hydrogens (tertiary/aromatic N) is 7. The first-order valence-electron chi connectivity index (χ1n) is 10.5. The number of fused-ring (bicyclic) bond motifs is 1. The van der Waals surface area contributed by atoms with Crippen molar-refractivity contribution in [2.75, 3.05) is 37.7 Å². The number of piperidine rings is 1. The van der Waals surface area contributed by atoms with Gasteiger partial charge in [0.25, 0.3) is 0 Å². The Hall–Kier alpha value is -3.51. The van der Waals surface area contributed by atoms with Crippen molar-refractivity contribution < 1.29 is 9.53 Å². The number of hydrogen-bond donors (Lipinski definition) is 0. The third kappa shape index (κ3) is 3.94. The van der Waals surface area contributed by atoms with Crippen LogP contribution in [0.3, 0.4) is 0 Å². The van der Waals surface area contributed by atoms with Crippen molar-refractivity contribution >= 4 is 17.4 Å². The van der Waals surface area contributed by atoms with Crippen molar-refractivity contribution in [2.24, 2.45) is 5.92 Å². The van der Waals surface area contributed by atoms with E-state index in [4.69, 9.17) is 10.00 Å². The van der Waals surface area contributed by atoms with Gasteiger partial charge in [0.2, 0.25) is 5.91 Å². The number of morpholine rings is 1. The smallest absolute Gasteiger partial charge is 0.225 e. The summed E-state index contributed by atoms with van der Waals surface area (Å²) in [6.07, 6.45) is 3.00. The summed E-state index contributed by atoms with van der Waals surface area (Å²) in [5, 5.41) is 21.6. The monoisotopic (exact) mass is 417 g/mol. The summed E-state index contributed by atoms with van der Waals surface area (Å²) in [7, 11) is 0. The molecule has 2 aliphatic rings. The number of aromatic nitrogens is 4. The lowest BCUT2D eigenvalue weighted by Crippen LogP contribution is -2.47. The Morgan fingerprint density at radius 3 is 2.87 bits per heavy atom. The van der Waals surface area contributed by atoms with Crippen molar-refractivity contribution in [3.05, 3.63) is 53.9 Å². The molecular weight excluding hydrogens is 394 g/mol. The second kappa shape index (κ2) is 8.32. The molecule has 0 saturated carbocycles. The van der Waals surface area contributed by atoms with E-state index in [9.17, 15) is 4.79 Å². The van der Waals surface area contributed by atoms with E-state index in [0.29, 0.717) is 25.3 Å². The summed E-state index contributed by atoms with van der Waals surface area (Å²) >= 11 is 0. The molecule has 1 atom stereocenters. The van der Waals surface area contributed by atoms with Gasteiger partial charge in [0.05, 0.1) is 24.8 Å². The molecule has 9 nitrogen and oxygen atoms in total. The number of carbonyl (C=O) groups excluding carboxylic acids is 1. The molecule has 0 spiro atoms. The Morgan fingerprint density at radius 1 is 1.16 bits per heavy atom. The lowest BCUT2D eigenvalue weighted by atomic mass is 9.94. The maximum atomic E-state index is 13.2. The highest BCUT2D eigenvalue weighted by molar-refractivity contribution is 5.79. The van der Waals surface area contributed by atoms with Gasteiger partial charge >= 0.3 is 0 Å². The largest absolute Gasteiger partial charge is 0.370 e. The maximum absolute atomic E-state index is 13.2. The van der Waals surface area contributed by atoms with Crippen molar-refractivity contribution in [1.82, 2.24) is 24.7 Å². The molecule has 2 saturated heterocycles. The predicted molar refractivity (Wildman–Crippen MR) is 112 cm³/mol. The number of benzene rings is 1. The number of rotatable bonds is 3. The zero-order valence-corrected chi connectivity index (χ0v) is 17.1. The highest BCUT2D eigenvalue weighted by atomic mass is 16.5. The second-order valence-corrected chi connectivity index (χ2v) is 7.97. The topological polar surface area (TPSA) is 99.7 Å². The van der Waals surface area contributed by atoms with Crippen LogP contribution >= 0.6 is 0 Å². The van der Waals surface area contributed by atoms with E-state index in [-0.39, 0.29) is 17.9 Å². The molecule has 9 heteroatoms. The molecule has 158 valence electrons. The predicted octanol–water partition coefficient (Wildman–Crippen LogP) is 1.81. The minimum absolute atomic E-state index is 0.0130. The molecule has 0 radical (unpaired) electrons. The lowest BCUT2D eigenvalue weighted by Gasteiger charge is -2.38. The molecule has 2 aliphatic heterocycles. The van der Waals surface area contributed by atoms with Gasteiger partial charge in [0, 0.05) is 25.6 Å². The number of nitriles is 1. The first kappa shape index (κ1) is 19.5. The minimum Gasteiger partial charge on any atom is -0.370 e. The third-order valence-corrected chi connectivity index (χ3v) is 6.08. The van der Waals surface area contributed by atoms with Crippen LogP contribution in [0.5, 0.6) is 0 Å². The van der Waals surface area contributed by atoms with Crippen LogP contribution in [0.15, 0.2) is 42.7 Å². The van der Waals surface area contributed by atoms with Gasteiger partial charge in [0.15, 0.2) is 5.65 Å². The molecule has 1 unspecified atom stereocenters. The second-order valence-electron chi connectivity index (χ2n) is 7.97. The van der Waals surface area contributed by atoms with Gasteiger partial charge in [-0.05, 0) is 42.7 Å². The maximum Gasteiger partial charge on any atom is 0.225 e. The standard InChI is InChI=1S/C22H23N7O2/c23-13-16-2-1-3-18(12-16)19-14-28(10-11-31-19)22(30)17-6-8-27(9-7-17)21-5-4-20-25-24-15-29(20)26-21/h1-5,12,15,17,19H,6-11,14H2. The van der Waals surface area contributed by atoms with E-state index in [2.05, 4.69) is 26.3 Å². The molecule has 1 amide bonds. The van der Waals surface area contributed by atoms with Crippen molar-refractivity contribution in [1.29, 1.82) is 5.26 Å². The van der Waals surface area contributed by atoms with Gasteiger partial charge in [-0.1, -0.05) is 12.1 Å². The molecule has 4 heterocycles. The molecule has 0 bridgehead atoms. The van der Waals surface area contributed by atoms with E-state index in [0.717, 1.165) is 43.0 Å². The van der Waals surface area contributed by atoms with E-state index in [1.54, 1.807) is 16.9 Å². The summed E-state index contributed by atoms with van der Waals surface area (Å²) in [6, 6.07) is 13.5. The quantitative estimate of drug-likeness (QED) is 0.641. The summed E-state index contributed by atoms with van der Waals surface area (Å²) < 4.78 is 7.57. The van der Waals surface area contributed by atoms with E-state index >= 15 is 0 Å².